The molecule has 1 aromatic rings. The van der Waals surface area contributed by atoms with Gasteiger partial charge in [0.15, 0.2) is 0 Å². The molecule has 0 saturated carbocycles. The minimum atomic E-state index is -0.187. The summed E-state index contributed by atoms with van der Waals surface area (Å²) in [6.07, 6.45) is 3.48. The lowest BCUT2D eigenvalue weighted by molar-refractivity contribution is 0.248. The second-order valence-electron chi connectivity index (χ2n) is 3.47. The van der Waals surface area contributed by atoms with Crippen LogP contribution in [-0.2, 0) is 0 Å². The Kier molecular flexibility index (Phi) is 5.55. The molecule has 0 unspecified atom stereocenters. The molecule has 0 spiro atoms. The summed E-state index contributed by atoms with van der Waals surface area (Å²) < 4.78 is 2.65. The van der Waals surface area contributed by atoms with E-state index in [4.69, 9.17) is 0 Å². The number of nitrogens with zero attached hydrogens (tertiary/aromatic N) is 3. The molecule has 0 atom stereocenters. The summed E-state index contributed by atoms with van der Waals surface area (Å²) in [4.78, 5) is 21.3. The molecule has 0 saturated heterocycles. The van der Waals surface area contributed by atoms with Crippen LogP contribution in [0, 0.1) is 6.92 Å². The number of hydrogen-bond acceptors (Lipinski definition) is 5. The van der Waals surface area contributed by atoms with Crippen molar-refractivity contribution in [1.29, 1.82) is 0 Å². The summed E-state index contributed by atoms with van der Waals surface area (Å²) in [5.41, 5.74) is 0.901. The van der Waals surface area contributed by atoms with Gasteiger partial charge in [-0.2, -0.15) is 0 Å². The molecule has 0 aliphatic heterocycles. The zero-order valence-electron chi connectivity index (χ0n) is 10.2. The predicted octanol–water partition coefficient (Wildman–Crippen LogP) is 0.798. The van der Waals surface area contributed by atoms with E-state index < -0.39 is 0 Å². The number of aryl methyl sites for hydroxylation is 1. The fraction of sp³-hybridized carbons (Fsp3) is 0.500. The number of hydrogen-bond donors (Lipinski definition) is 2. The topological polar surface area (TPSA) is 70.2 Å². The average Bonchev–Trinajstić information content (AvgIpc) is 2.34. The average molecular weight is 255 g/mol. The third kappa shape index (κ3) is 4.90. The Morgan fingerprint density at radius 3 is 2.82 bits per heavy atom. The lowest BCUT2D eigenvalue weighted by Gasteiger charge is -2.17. The zero-order chi connectivity index (χ0) is 12.7. The molecule has 0 aliphatic rings. The Labute approximate surface area is 105 Å². The monoisotopic (exact) mass is 255 g/mol. The first-order valence-electron chi connectivity index (χ1n) is 5.22. The van der Waals surface area contributed by atoms with Crippen LogP contribution in [-0.4, -0.2) is 42.4 Å². The van der Waals surface area contributed by atoms with Crippen molar-refractivity contribution in [2.24, 2.45) is 0 Å². The van der Waals surface area contributed by atoms with Crippen LogP contribution in [0.2, 0.25) is 0 Å². The molecule has 0 aliphatic carbocycles. The van der Waals surface area contributed by atoms with E-state index >= 15 is 0 Å². The highest BCUT2D eigenvalue weighted by atomic mass is 32.2. The van der Waals surface area contributed by atoms with E-state index in [1.807, 2.05) is 18.9 Å². The number of carbonyl (C=O) groups is 1. The van der Waals surface area contributed by atoms with E-state index in [1.54, 1.807) is 19.4 Å². The SMILES string of the molecule is CNC(=O)NSCCN(C)c1cnc(C)cn1. The first-order valence-corrected chi connectivity index (χ1v) is 6.21. The molecule has 2 N–H and O–H groups in total. The minimum Gasteiger partial charge on any atom is -0.358 e. The maximum atomic E-state index is 10.9. The molecule has 0 bridgehead atoms. The van der Waals surface area contributed by atoms with Gasteiger partial charge in [0.1, 0.15) is 5.82 Å². The number of amides is 2. The molecular formula is C10H17N5OS. The Bertz CT molecular complexity index is 356. The van der Waals surface area contributed by atoms with Crippen molar-refractivity contribution >= 4 is 23.8 Å². The molecule has 17 heavy (non-hydrogen) atoms. The third-order valence-corrected chi connectivity index (χ3v) is 2.80. The van der Waals surface area contributed by atoms with Crippen LogP contribution < -0.4 is 14.9 Å². The van der Waals surface area contributed by atoms with Gasteiger partial charge >= 0.3 is 6.03 Å². The summed E-state index contributed by atoms with van der Waals surface area (Å²) >= 11 is 1.36. The maximum absolute atomic E-state index is 10.9. The summed E-state index contributed by atoms with van der Waals surface area (Å²) in [7, 11) is 3.53. The smallest absolute Gasteiger partial charge is 0.324 e. The van der Waals surface area contributed by atoms with E-state index in [0.29, 0.717) is 0 Å². The van der Waals surface area contributed by atoms with Gasteiger partial charge in [-0.3, -0.25) is 9.71 Å². The molecule has 94 valence electrons. The van der Waals surface area contributed by atoms with E-state index in [9.17, 15) is 4.79 Å². The Hall–Kier alpha value is -1.50. The van der Waals surface area contributed by atoms with Gasteiger partial charge in [-0.1, -0.05) is 0 Å². The second-order valence-corrected chi connectivity index (χ2v) is 4.37. The molecule has 6 nitrogen and oxygen atoms in total. The van der Waals surface area contributed by atoms with Gasteiger partial charge in [0.05, 0.1) is 18.1 Å². The van der Waals surface area contributed by atoms with Gasteiger partial charge in [-0.25, -0.2) is 9.78 Å². The van der Waals surface area contributed by atoms with E-state index in [-0.39, 0.29) is 6.03 Å². The minimum absolute atomic E-state index is 0.187. The number of rotatable bonds is 5. The lowest BCUT2D eigenvalue weighted by Crippen LogP contribution is -2.29. The number of anilines is 1. The van der Waals surface area contributed by atoms with Crippen LogP contribution in [0.3, 0.4) is 0 Å². The van der Waals surface area contributed by atoms with Gasteiger partial charge in [0.25, 0.3) is 0 Å². The highest BCUT2D eigenvalue weighted by molar-refractivity contribution is 7.97. The molecule has 1 rings (SSSR count). The van der Waals surface area contributed by atoms with E-state index in [0.717, 1.165) is 23.8 Å². The molecule has 2 amide bonds. The Balaban J connectivity index is 2.27. The quantitative estimate of drug-likeness (QED) is 0.601. The summed E-state index contributed by atoms with van der Waals surface area (Å²) in [5, 5.41) is 2.48. The van der Waals surface area contributed by atoms with Crippen LogP contribution >= 0.6 is 11.9 Å². The summed E-state index contributed by atoms with van der Waals surface area (Å²) in [5.74, 6) is 1.61. The van der Waals surface area contributed by atoms with Crippen molar-refractivity contribution in [3.63, 3.8) is 0 Å². The molecule has 1 aromatic heterocycles. The molecule has 1 heterocycles. The summed E-state index contributed by atoms with van der Waals surface area (Å²) in [6.45, 7) is 2.69. The highest BCUT2D eigenvalue weighted by Crippen LogP contribution is 2.07. The third-order valence-electron chi connectivity index (χ3n) is 2.08. The van der Waals surface area contributed by atoms with Crippen LogP contribution in [0.1, 0.15) is 5.69 Å². The summed E-state index contributed by atoms with van der Waals surface area (Å²) in [6, 6.07) is -0.187. The van der Waals surface area contributed by atoms with E-state index in [2.05, 4.69) is 20.0 Å². The molecule has 0 aromatic carbocycles. The van der Waals surface area contributed by atoms with Gasteiger partial charge in [0, 0.05) is 26.4 Å². The van der Waals surface area contributed by atoms with Gasteiger partial charge < -0.3 is 10.2 Å². The Morgan fingerprint density at radius 1 is 1.47 bits per heavy atom. The van der Waals surface area contributed by atoms with Gasteiger partial charge in [-0.05, 0) is 18.9 Å². The van der Waals surface area contributed by atoms with Crippen molar-refractivity contribution < 1.29 is 4.79 Å². The van der Waals surface area contributed by atoms with Crippen molar-refractivity contribution in [3.05, 3.63) is 18.1 Å². The van der Waals surface area contributed by atoms with Crippen LogP contribution in [0.25, 0.3) is 0 Å². The number of carbonyl (C=O) groups excluding carboxylic acids is 1. The molecule has 0 radical (unpaired) electrons. The van der Waals surface area contributed by atoms with Gasteiger partial charge in [-0.15, -0.1) is 0 Å². The molecular weight excluding hydrogens is 238 g/mol. The predicted molar refractivity (Wildman–Crippen MR) is 70.1 cm³/mol. The number of nitrogens with one attached hydrogen (secondary N) is 2. The molecule has 0 fully saturated rings. The van der Waals surface area contributed by atoms with Crippen LogP contribution in [0.5, 0.6) is 0 Å². The first kappa shape index (κ1) is 13.6. The van der Waals surface area contributed by atoms with Crippen molar-refractivity contribution in [2.75, 3.05) is 31.3 Å². The maximum Gasteiger partial charge on any atom is 0.324 e. The standard InChI is InChI=1S/C10H17N5OS/c1-8-6-13-9(7-12-8)15(3)4-5-17-14-10(16)11-2/h6-7H,4-5H2,1-3H3,(H2,11,14,16). The fourth-order valence-electron chi connectivity index (χ4n) is 1.05. The fourth-order valence-corrected chi connectivity index (χ4v) is 1.75. The van der Waals surface area contributed by atoms with Crippen molar-refractivity contribution in [2.45, 2.75) is 6.92 Å². The Morgan fingerprint density at radius 2 is 2.24 bits per heavy atom. The largest absolute Gasteiger partial charge is 0.358 e. The normalized spacial score (nSPS) is 9.82. The number of aromatic nitrogens is 2. The lowest BCUT2D eigenvalue weighted by atomic mass is 10.5. The van der Waals surface area contributed by atoms with Crippen molar-refractivity contribution in [1.82, 2.24) is 20.0 Å². The molecule has 7 heteroatoms. The van der Waals surface area contributed by atoms with Gasteiger partial charge in [0.2, 0.25) is 0 Å². The van der Waals surface area contributed by atoms with Crippen LogP contribution in [0.15, 0.2) is 12.4 Å². The zero-order valence-corrected chi connectivity index (χ0v) is 11.0. The second kappa shape index (κ2) is 6.95. The van der Waals surface area contributed by atoms with Crippen molar-refractivity contribution in [3.8, 4) is 0 Å². The van der Waals surface area contributed by atoms with E-state index in [1.165, 1.54) is 11.9 Å². The highest BCUT2D eigenvalue weighted by Gasteiger charge is 2.03. The first-order chi connectivity index (χ1) is 8.13. The van der Waals surface area contributed by atoms with Crippen LogP contribution in [0.4, 0.5) is 10.6 Å². The number of urea groups is 1.